The Morgan fingerprint density at radius 1 is 1.00 bits per heavy atom. The van der Waals surface area contributed by atoms with E-state index in [2.05, 4.69) is 14.8 Å². The van der Waals surface area contributed by atoms with E-state index in [0.717, 1.165) is 76.5 Å². The highest BCUT2D eigenvalue weighted by molar-refractivity contribution is 6.30. The summed E-state index contributed by atoms with van der Waals surface area (Å²) in [6.07, 6.45) is 1.97. The SMILES string of the molecule is Cn1c(C(=O)N2CCC(N3CCOCC3)CC2)nc2c(N3CCOCC3)cc(Cl)nc21. The molecule has 3 aliphatic rings. The van der Waals surface area contributed by atoms with E-state index in [1.165, 1.54) is 0 Å². The van der Waals surface area contributed by atoms with E-state index < -0.39 is 0 Å². The number of pyridine rings is 1. The normalized spacial score (nSPS) is 21.7. The summed E-state index contributed by atoms with van der Waals surface area (Å²) >= 11 is 6.32. The molecule has 5 heterocycles. The summed E-state index contributed by atoms with van der Waals surface area (Å²) in [6, 6.07) is 2.37. The Labute approximate surface area is 186 Å². The summed E-state index contributed by atoms with van der Waals surface area (Å²) in [5.74, 6) is 0.383. The molecule has 1 amide bonds. The van der Waals surface area contributed by atoms with Gasteiger partial charge in [-0.25, -0.2) is 9.97 Å². The van der Waals surface area contributed by atoms with Crippen LogP contribution in [0, 0.1) is 0 Å². The van der Waals surface area contributed by atoms with E-state index in [1.54, 1.807) is 4.57 Å². The maximum Gasteiger partial charge on any atom is 0.289 e. The third kappa shape index (κ3) is 4.11. The predicted octanol–water partition coefficient (Wildman–Crippen LogP) is 1.40. The largest absolute Gasteiger partial charge is 0.379 e. The summed E-state index contributed by atoms with van der Waals surface area (Å²) in [7, 11) is 1.84. The van der Waals surface area contributed by atoms with Crippen LogP contribution in [0.2, 0.25) is 5.15 Å². The molecule has 2 aromatic rings. The minimum Gasteiger partial charge on any atom is -0.379 e. The van der Waals surface area contributed by atoms with Crippen molar-refractivity contribution in [3.05, 3.63) is 17.0 Å². The number of amides is 1. The number of imidazole rings is 1. The molecule has 31 heavy (non-hydrogen) atoms. The smallest absolute Gasteiger partial charge is 0.289 e. The van der Waals surface area contributed by atoms with Gasteiger partial charge in [0.1, 0.15) is 10.7 Å². The molecule has 5 rings (SSSR count). The fourth-order valence-corrected chi connectivity index (χ4v) is 5.04. The topological polar surface area (TPSA) is 76.0 Å². The maximum absolute atomic E-state index is 13.4. The second kappa shape index (κ2) is 8.90. The Morgan fingerprint density at radius 3 is 2.32 bits per heavy atom. The van der Waals surface area contributed by atoms with Crippen LogP contribution in [0.25, 0.3) is 11.2 Å². The zero-order chi connectivity index (χ0) is 21.4. The monoisotopic (exact) mass is 448 g/mol. The number of morpholine rings is 2. The van der Waals surface area contributed by atoms with Crippen molar-refractivity contribution in [1.82, 2.24) is 24.3 Å². The van der Waals surface area contributed by atoms with Gasteiger partial charge in [0.15, 0.2) is 5.65 Å². The van der Waals surface area contributed by atoms with Gasteiger partial charge >= 0.3 is 0 Å². The van der Waals surface area contributed by atoms with Gasteiger partial charge in [0.05, 0.1) is 32.1 Å². The van der Waals surface area contributed by atoms with Gasteiger partial charge < -0.3 is 23.8 Å². The Hall–Kier alpha value is -1.94. The molecule has 0 spiro atoms. The summed E-state index contributed by atoms with van der Waals surface area (Å²) < 4.78 is 12.7. The van der Waals surface area contributed by atoms with Crippen LogP contribution < -0.4 is 4.90 Å². The molecule has 0 bridgehead atoms. The average molecular weight is 449 g/mol. The minimum atomic E-state index is -0.0371. The summed E-state index contributed by atoms with van der Waals surface area (Å²) in [4.78, 5) is 29.2. The quantitative estimate of drug-likeness (QED) is 0.657. The van der Waals surface area contributed by atoms with Crippen LogP contribution in [0.3, 0.4) is 0 Å². The molecule has 0 atom stereocenters. The first kappa shape index (κ1) is 20.9. The number of anilines is 1. The van der Waals surface area contributed by atoms with Gasteiger partial charge in [-0.15, -0.1) is 0 Å². The summed E-state index contributed by atoms with van der Waals surface area (Å²) in [6.45, 7) is 7.94. The molecule has 0 aliphatic carbocycles. The zero-order valence-electron chi connectivity index (χ0n) is 17.9. The number of piperidine rings is 1. The number of ether oxygens (including phenoxy) is 2. The number of aryl methyl sites for hydroxylation is 1. The number of fused-ring (bicyclic) bond motifs is 1. The van der Waals surface area contributed by atoms with E-state index in [-0.39, 0.29) is 5.91 Å². The molecule has 2 aromatic heterocycles. The molecule has 0 radical (unpaired) electrons. The standard InChI is InChI=1S/C21H29ClN6O3/c1-25-19-18(16(14-17(22)23-19)27-8-12-31-13-9-27)24-20(25)21(29)28-4-2-15(3-5-28)26-6-10-30-11-7-26/h14-15H,2-13H2,1H3. The number of likely N-dealkylation sites (tertiary alicyclic amines) is 1. The number of aromatic nitrogens is 3. The van der Waals surface area contributed by atoms with Crippen molar-refractivity contribution in [3.63, 3.8) is 0 Å². The van der Waals surface area contributed by atoms with Gasteiger partial charge in [-0.3, -0.25) is 9.69 Å². The van der Waals surface area contributed by atoms with E-state index in [1.807, 2.05) is 18.0 Å². The fraction of sp³-hybridized carbons (Fsp3) is 0.667. The van der Waals surface area contributed by atoms with Crippen LogP contribution in [0.4, 0.5) is 5.69 Å². The van der Waals surface area contributed by atoms with Crippen LogP contribution in [0.15, 0.2) is 6.07 Å². The van der Waals surface area contributed by atoms with Crippen molar-refractivity contribution in [1.29, 1.82) is 0 Å². The number of carbonyl (C=O) groups is 1. The number of carbonyl (C=O) groups excluding carboxylic acids is 1. The van der Waals surface area contributed by atoms with Crippen molar-refractivity contribution in [2.24, 2.45) is 7.05 Å². The average Bonchev–Trinajstić information content (AvgIpc) is 3.15. The Kier molecular flexibility index (Phi) is 6.01. The van der Waals surface area contributed by atoms with E-state index in [0.29, 0.717) is 35.9 Å². The molecule has 3 aliphatic heterocycles. The molecule has 0 saturated carbocycles. The van der Waals surface area contributed by atoms with E-state index in [9.17, 15) is 4.79 Å². The maximum atomic E-state index is 13.4. The highest BCUT2D eigenvalue weighted by atomic mass is 35.5. The molecule has 0 unspecified atom stereocenters. The van der Waals surface area contributed by atoms with Crippen molar-refractivity contribution >= 4 is 34.4 Å². The molecular formula is C21H29ClN6O3. The number of rotatable bonds is 3. The second-order valence-electron chi connectivity index (χ2n) is 8.40. The lowest BCUT2D eigenvalue weighted by Gasteiger charge is -2.39. The van der Waals surface area contributed by atoms with Gasteiger partial charge in [-0.1, -0.05) is 11.6 Å². The van der Waals surface area contributed by atoms with Crippen molar-refractivity contribution in [2.75, 3.05) is 70.6 Å². The fourth-order valence-electron chi connectivity index (χ4n) is 4.86. The summed E-state index contributed by atoms with van der Waals surface area (Å²) in [5.41, 5.74) is 2.28. The van der Waals surface area contributed by atoms with Crippen LogP contribution in [0.5, 0.6) is 0 Å². The highest BCUT2D eigenvalue weighted by Crippen LogP contribution is 2.30. The van der Waals surface area contributed by atoms with Gasteiger partial charge in [0.25, 0.3) is 5.91 Å². The number of hydrogen-bond donors (Lipinski definition) is 0. The zero-order valence-corrected chi connectivity index (χ0v) is 18.7. The van der Waals surface area contributed by atoms with Crippen LogP contribution in [-0.4, -0.2) is 102 Å². The number of nitrogens with zero attached hydrogens (tertiary/aromatic N) is 6. The van der Waals surface area contributed by atoms with Gasteiger partial charge in [0, 0.05) is 58.4 Å². The second-order valence-corrected chi connectivity index (χ2v) is 8.79. The first-order valence-electron chi connectivity index (χ1n) is 11.1. The lowest BCUT2D eigenvalue weighted by Crippen LogP contribution is -2.50. The van der Waals surface area contributed by atoms with Gasteiger partial charge in [-0.05, 0) is 12.8 Å². The Balaban J connectivity index is 1.36. The Morgan fingerprint density at radius 2 is 1.65 bits per heavy atom. The van der Waals surface area contributed by atoms with Gasteiger partial charge in [-0.2, -0.15) is 0 Å². The lowest BCUT2D eigenvalue weighted by molar-refractivity contribution is 0.00143. The third-order valence-electron chi connectivity index (χ3n) is 6.63. The van der Waals surface area contributed by atoms with E-state index in [4.69, 9.17) is 26.1 Å². The molecule has 168 valence electrons. The predicted molar refractivity (Wildman–Crippen MR) is 118 cm³/mol. The van der Waals surface area contributed by atoms with Crippen LogP contribution in [0.1, 0.15) is 23.5 Å². The Bertz CT molecular complexity index is 946. The molecule has 3 fully saturated rings. The lowest BCUT2D eigenvalue weighted by atomic mass is 10.0. The molecule has 9 nitrogen and oxygen atoms in total. The van der Waals surface area contributed by atoms with Crippen LogP contribution >= 0.6 is 11.6 Å². The molecule has 0 N–H and O–H groups in total. The molecule has 10 heteroatoms. The first-order valence-corrected chi connectivity index (χ1v) is 11.5. The summed E-state index contributed by atoms with van der Waals surface area (Å²) in [5, 5.41) is 0.405. The molecule has 3 saturated heterocycles. The van der Waals surface area contributed by atoms with Crippen LogP contribution in [-0.2, 0) is 16.5 Å². The minimum absolute atomic E-state index is 0.0371. The molecular weight excluding hydrogens is 420 g/mol. The van der Waals surface area contributed by atoms with Crippen molar-refractivity contribution < 1.29 is 14.3 Å². The van der Waals surface area contributed by atoms with E-state index >= 15 is 0 Å². The van der Waals surface area contributed by atoms with Crippen molar-refractivity contribution in [3.8, 4) is 0 Å². The first-order chi connectivity index (χ1) is 15.1. The van der Waals surface area contributed by atoms with Crippen molar-refractivity contribution in [2.45, 2.75) is 18.9 Å². The third-order valence-corrected chi connectivity index (χ3v) is 6.83. The number of halogens is 1. The molecule has 0 aromatic carbocycles. The highest BCUT2D eigenvalue weighted by Gasteiger charge is 2.31. The number of hydrogen-bond acceptors (Lipinski definition) is 7. The van der Waals surface area contributed by atoms with Gasteiger partial charge in [0.2, 0.25) is 5.82 Å².